The fraction of sp³-hybridized carbons (Fsp3) is 0.281. The van der Waals surface area contributed by atoms with Gasteiger partial charge in [0.25, 0.3) is 0 Å². The van der Waals surface area contributed by atoms with E-state index in [9.17, 15) is 19.2 Å². The Labute approximate surface area is 235 Å². The molecule has 0 aromatic heterocycles. The van der Waals surface area contributed by atoms with Crippen molar-refractivity contribution in [2.75, 3.05) is 20.8 Å². The highest BCUT2D eigenvalue weighted by molar-refractivity contribution is 7.96. The van der Waals surface area contributed by atoms with Gasteiger partial charge in [-0.25, -0.2) is 4.79 Å². The maximum atomic E-state index is 14.1. The molecule has 3 aromatic carbocycles. The first kappa shape index (κ1) is 30.6. The van der Waals surface area contributed by atoms with Gasteiger partial charge >= 0.3 is 11.9 Å². The highest BCUT2D eigenvalue weighted by Gasteiger charge is 2.48. The molecule has 0 saturated heterocycles. The lowest BCUT2D eigenvalue weighted by Crippen LogP contribution is -2.50. The molecular formula is C32H36NO6P. The first-order valence-corrected chi connectivity index (χ1v) is 14.9. The zero-order valence-electron chi connectivity index (χ0n) is 23.5. The summed E-state index contributed by atoms with van der Waals surface area (Å²) in [5, 5.41) is 5.07. The van der Waals surface area contributed by atoms with Gasteiger partial charge in [-0.1, -0.05) is 105 Å². The molecule has 0 aliphatic rings. The minimum atomic E-state index is -3.22. The van der Waals surface area contributed by atoms with Crippen LogP contribution in [0.15, 0.2) is 91.0 Å². The average Bonchev–Trinajstić information content (AvgIpc) is 2.98. The largest absolute Gasteiger partial charge is 0.469 e. The van der Waals surface area contributed by atoms with E-state index in [1.54, 1.807) is 0 Å². The Morgan fingerprint density at radius 3 is 1.45 bits per heavy atom. The Balaban J connectivity index is 2.65. The number of amides is 1. The van der Waals surface area contributed by atoms with Crippen LogP contribution in [0.1, 0.15) is 20.8 Å². The zero-order valence-corrected chi connectivity index (χ0v) is 24.4. The summed E-state index contributed by atoms with van der Waals surface area (Å²) in [4.78, 5) is 54.6. The van der Waals surface area contributed by atoms with Gasteiger partial charge in [0.15, 0.2) is 0 Å². The average molecular weight is 562 g/mol. The van der Waals surface area contributed by atoms with Crippen LogP contribution in [0.4, 0.5) is 0 Å². The summed E-state index contributed by atoms with van der Waals surface area (Å²) in [6.45, 7) is 2.16. The topological polar surface area (TPSA) is 98.8 Å². The first-order valence-electron chi connectivity index (χ1n) is 13.1. The van der Waals surface area contributed by atoms with Crippen LogP contribution in [-0.4, -0.2) is 49.7 Å². The third kappa shape index (κ3) is 6.26. The van der Waals surface area contributed by atoms with E-state index in [1.807, 2.05) is 105 Å². The molecular weight excluding hydrogens is 525 g/mol. The Bertz CT molecular complexity index is 1280. The minimum absolute atomic E-state index is 0.0188. The van der Waals surface area contributed by atoms with Gasteiger partial charge in [-0.2, -0.15) is 0 Å². The number of hydrogen-bond acceptors (Lipinski definition) is 6. The molecule has 40 heavy (non-hydrogen) atoms. The summed E-state index contributed by atoms with van der Waals surface area (Å²) in [5.74, 6) is -5.83. The SMILES string of the molecule is COC(=O)C([C@@H](C(=O)OC)[C@@H](C(C)=O)C(=O)NCC(C)C)=P(c1ccccc1)(c1ccccc1)c1ccccc1. The molecule has 0 aliphatic heterocycles. The lowest BCUT2D eigenvalue weighted by atomic mass is 9.85. The van der Waals surface area contributed by atoms with Gasteiger partial charge < -0.3 is 14.8 Å². The molecule has 3 aromatic rings. The number of methoxy groups -OCH3 is 2. The lowest BCUT2D eigenvalue weighted by molar-refractivity contribution is -0.151. The number of ketones is 1. The van der Waals surface area contributed by atoms with Crippen molar-refractivity contribution in [2.24, 2.45) is 17.8 Å². The van der Waals surface area contributed by atoms with Crippen LogP contribution >= 0.6 is 6.89 Å². The van der Waals surface area contributed by atoms with Crippen molar-refractivity contribution in [1.82, 2.24) is 5.32 Å². The van der Waals surface area contributed by atoms with Crippen molar-refractivity contribution in [3.8, 4) is 0 Å². The number of rotatable bonds is 11. The monoisotopic (exact) mass is 561 g/mol. The van der Waals surface area contributed by atoms with E-state index in [-0.39, 0.29) is 11.2 Å². The molecule has 0 aliphatic carbocycles. The van der Waals surface area contributed by atoms with Gasteiger partial charge in [0.2, 0.25) is 5.91 Å². The molecule has 0 saturated carbocycles. The molecule has 0 bridgehead atoms. The Kier molecular flexibility index (Phi) is 10.6. The molecule has 0 fully saturated rings. The van der Waals surface area contributed by atoms with Crippen molar-refractivity contribution in [3.63, 3.8) is 0 Å². The van der Waals surface area contributed by atoms with Crippen molar-refractivity contribution in [1.29, 1.82) is 0 Å². The normalized spacial score (nSPS) is 12.7. The maximum absolute atomic E-state index is 14.1. The Morgan fingerprint density at radius 2 is 1.12 bits per heavy atom. The van der Waals surface area contributed by atoms with E-state index in [4.69, 9.17) is 9.47 Å². The summed E-state index contributed by atoms with van der Waals surface area (Å²) < 4.78 is 10.6. The van der Waals surface area contributed by atoms with E-state index in [1.165, 1.54) is 21.1 Å². The predicted molar refractivity (Wildman–Crippen MR) is 160 cm³/mol. The first-order chi connectivity index (χ1) is 19.2. The van der Waals surface area contributed by atoms with Crippen LogP contribution < -0.4 is 21.2 Å². The molecule has 0 unspecified atom stereocenters. The van der Waals surface area contributed by atoms with Gasteiger partial charge in [-0.3, -0.25) is 14.4 Å². The molecule has 3 rings (SSSR count). The van der Waals surface area contributed by atoms with Gasteiger partial charge in [-0.15, -0.1) is 0 Å². The predicted octanol–water partition coefficient (Wildman–Crippen LogP) is 3.09. The molecule has 7 nitrogen and oxygen atoms in total. The Morgan fingerprint density at radius 1 is 0.700 bits per heavy atom. The third-order valence-corrected chi connectivity index (χ3v) is 11.1. The summed E-state index contributed by atoms with van der Waals surface area (Å²) in [6.07, 6.45) is 0. The van der Waals surface area contributed by atoms with E-state index >= 15 is 0 Å². The summed E-state index contributed by atoms with van der Waals surface area (Å²) in [5.41, 5.74) is 0. The molecule has 2 atom stereocenters. The molecule has 0 radical (unpaired) electrons. The van der Waals surface area contributed by atoms with E-state index in [0.717, 1.165) is 15.9 Å². The molecule has 210 valence electrons. The zero-order chi connectivity index (χ0) is 29.3. The van der Waals surface area contributed by atoms with Crippen molar-refractivity contribution in [3.05, 3.63) is 91.0 Å². The molecule has 0 spiro atoms. The second-order valence-corrected chi connectivity index (χ2v) is 13.2. The second kappa shape index (κ2) is 13.9. The van der Waals surface area contributed by atoms with Crippen molar-refractivity contribution >= 4 is 51.7 Å². The van der Waals surface area contributed by atoms with Crippen LogP contribution in [-0.2, 0) is 28.7 Å². The number of esters is 2. The summed E-state index contributed by atoms with van der Waals surface area (Å²) >= 11 is 0. The number of benzene rings is 3. The molecule has 0 heterocycles. The van der Waals surface area contributed by atoms with Crippen molar-refractivity contribution in [2.45, 2.75) is 20.8 Å². The smallest absolute Gasteiger partial charge is 0.335 e. The van der Waals surface area contributed by atoms with Gasteiger partial charge in [0, 0.05) is 6.54 Å². The minimum Gasteiger partial charge on any atom is -0.469 e. The lowest BCUT2D eigenvalue weighted by Gasteiger charge is -2.35. The maximum Gasteiger partial charge on any atom is 0.335 e. The van der Waals surface area contributed by atoms with Crippen molar-refractivity contribution < 1.29 is 28.7 Å². The highest BCUT2D eigenvalue weighted by Crippen LogP contribution is 2.49. The van der Waals surface area contributed by atoms with Gasteiger partial charge in [0.05, 0.1) is 19.5 Å². The summed E-state index contributed by atoms with van der Waals surface area (Å²) in [7, 11) is 2.41. The third-order valence-electron chi connectivity index (χ3n) is 6.67. The number of Topliss-reactive ketones (excluding diaryl/α,β-unsaturated/α-hetero) is 1. The van der Waals surface area contributed by atoms with E-state index < -0.39 is 42.4 Å². The number of hydrogen-bond donors (Lipinski definition) is 1. The Hall–Kier alpha value is -3.96. The number of carbonyl (C=O) groups is 4. The number of carbonyl (C=O) groups excluding carboxylic acids is 4. The van der Waals surface area contributed by atoms with Crippen LogP contribution in [0.5, 0.6) is 0 Å². The molecule has 1 N–H and O–H groups in total. The van der Waals surface area contributed by atoms with Gasteiger partial charge in [0.1, 0.15) is 17.6 Å². The van der Waals surface area contributed by atoms with Crippen LogP contribution in [0.3, 0.4) is 0 Å². The van der Waals surface area contributed by atoms with Gasteiger partial charge in [-0.05, 0) is 35.6 Å². The summed E-state index contributed by atoms with van der Waals surface area (Å²) in [6, 6.07) is 28.1. The van der Waals surface area contributed by atoms with Crippen LogP contribution in [0, 0.1) is 17.8 Å². The number of ether oxygens (including phenoxy) is 2. The van der Waals surface area contributed by atoms with E-state index in [2.05, 4.69) is 5.32 Å². The molecule has 1 amide bonds. The van der Waals surface area contributed by atoms with E-state index in [0.29, 0.717) is 6.54 Å². The highest BCUT2D eigenvalue weighted by atomic mass is 31.2. The molecule has 8 heteroatoms. The second-order valence-electron chi connectivity index (χ2n) is 9.78. The van der Waals surface area contributed by atoms with Crippen LogP contribution in [0.25, 0.3) is 0 Å². The van der Waals surface area contributed by atoms with Crippen LogP contribution in [0.2, 0.25) is 0 Å². The quantitative estimate of drug-likeness (QED) is 0.220. The number of nitrogens with one attached hydrogen (secondary N) is 1. The fourth-order valence-corrected chi connectivity index (χ4v) is 9.54. The standard InChI is InChI=1S/C32H36NO6P/c1-22(2)21-33-30(35)27(23(3)34)28(31(36)38-4)29(32(37)39-5)40(24-15-9-6-10-16-24,25-17-11-7-12-18-25)26-19-13-8-14-20-26/h6-20,22,27-28H,21H2,1-5H3,(H,33,35)/t27-,28+/m1/s1. The fourth-order valence-electron chi connectivity index (χ4n) is 4.91.